The molecule has 0 spiro atoms. The van der Waals surface area contributed by atoms with Crippen molar-refractivity contribution in [3.63, 3.8) is 0 Å². The lowest BCUT2D eigenvalue weighted by Gasteiger charge is -2.44. The molecule has 1 aromatic rings. The highest BCUT2D eigenvalue weighted by atomic mass is 15.3. The lowest BCUT2D eigenvalue weighted by Crippen LogP contribution is -2.47. The summed E-state index contributed by atoms with van der Waals surface area (Å²) < 4.78 is 0. The van der Waals surface area contributed by atoms with Gasteiger partial charge in [-0.2, -0.15) is 0 Å². The second kappa shape index (κ2) is 5.38. The highest BCUT2D eigenvalue weighted by Crippen LogP contribution is 2.36. The van der Waals surface area contributed by atoms with E-state index >= 15 is 0 Å². The van der Waals surface area contributed by atoms with E-state index in [1.807, 2.05) is 6.92 Å². The van der Waals surface area contributed by atoms with E-state index in [1.54, 1.807) is 6.07 Å². The van der Waals surface area contributed by atoms with Crippen LogP contribution in [0.15, 0.2) is 6.07 Å². The third-order valence-electron chi connectivity index (χ3n) is 4.62. The van der Waals surface area contributed by atoms with Crippen LogP contribution in [0.25, 0.3) is 0 Å². The molecule has 1 aromatic heterocycles. The van der Waals surface area contributed by atoms with Crippen LogP contribution in [0.5, 0.6) is 0 Å². The number of rotatable bonds is 2. The maximum absolute atomic E-state index is 7.59. The molecule has 3 N–H and O–H groups in total. The monoisotopic (exact) mass is 273 g/mol. The van der Waals surface area contributed by atoms with E-state index in [0.29, 0.717) is 11.7 Å². The molecule has 5 nitrogen and oxygen atoms in total. The molecule has 2 unspecified atom stereocenters. The molecule has 0 aromatic carbocycles. The summed E-state index contributed by atoms with van der Waals surface area (Å²) in [6.45, 7) is 2.97. The van der Waals surface area contributed by atoms with Gasteiger partial charge in [-0.1, -0.05) is 12.8 Å². The summed E-state index contributed by atoms with van der Waals surface area (Å²) in [7, 11) is 0. The van der Waals surface area contributed by atoms with Crippen LogP contribution in [-0.4, -0.2) is 28.4 Å². The highest BCUT2D eigenvalue weighted by molar-refractivity contribution is 5.93. The van der Waals surface area contributed by atoms with E-state index in [1.165, 1.54) is 38.5 Å². The first-order valence-electron chi connectivity index (χ1n) is 7.62. The van der Waals surface area contributed by atoms with Crippen LogP contribution in [0.3, 0.4) is 0 Å². The predicted octanol–water partition coefficient (Wildman–Crippen LogP) is 2.23. The summed E-state index contributed by atoms with van der Waals surface area (Å²) in [5, 5.41) is 7.59. The van der Waals surface area contributed by atoms with Gasteiger partial charge in [-0.3, -0.25) is 5.41 Å². The van der Waals surface area contributed by atoms with Gasteiger partial charge in [0.2, 0.25) is 5.95 Å². The second-order valence-electron chi connectivity index (χ2n) is 6.06. The first-order valence-corrected chi connectivity index (χ1v) is 7.62. The number of hydrogen-bond donors (Lipinski definition) is 2. The Balaban J connectivity index is 1.92. The summed E-state index contributed by atoms with van der Waals surface area (Å²) >= 11 is 0. The van der Waals surface area contributed by atoms with Gasteiger partial charge in [0.05, 0.1) is 0 Å². The summed E-state index contributed by atoms with van der Waals surface area (Å²) in [4.78, 5) is 11.5. The van der Waals surface area contributed by atoms with E-state index in [9.17, 15) is 0 Å². The Morgan fingerprint density at radius 3 is 2.80 bits per heavy atom. The van der Waals surface area contributed by atoms with Crippen LogP contribution >= 0.6 is 0 Å². The van der Waals surface area contributed by atoms with Crippen molar-refractivity contribution in [2.45, 2.75) is 51.5 Å². The third kappa shape index (κ3) is 2.49. The fourth-order valence-electron chi connectivity index (χ4n) is 3.69. The number of nitrogen functional groups attached to an aromatic ring is 1. The highest BCUT2D eigenvalue weighted by Gasteiger charge is 2.34. The number of piperidine rings is 1. The minimum Gasteiger partial charge on any atom is -0.382 e. The molecule has 0 bridgehead atoms. The molecule has 2 heterocycles. The van der Waals surface area contributed by atoms with E-state index < -0.39 is 0 Å². The van der Waals surface area contributed by atoms with Crippen LogP contribution in [0.1, 0.15) is 49.9 Å². The van der Waals surface area contributed by atoms with Crippen molar-refractivity contribution in [2.75, 3.05) is 11.4 Å². The van der Waals surface area contributed by atoms with Crippen molar-refractivity contribution >= 4 is 11.8 Å². The number of nitrogens with one attached hydrogen (secondary N) is 1. The lowest BCUT2D eigenvalue weighted by molar-refractivity contribution is 0.241. The smallest absolute Gasteiger partial charge is 0.226 e. The molecule has 2 aliphatic rings. The largest absolute Gasteiger partial charge is 0.382 e. The van der Waals surface area contributed by atoms with Gasteiger partial charge in [-0.15, -0.1) is 0 Å². The minimum atomic E-state index is 0.0222. The molecule has 0 radical (unpaired) electrons. The van der Waals surface area contributed by atoms with Crippen LogP contribution in [-0.2, 0) is 0 Å². The molecule has 0 amide bonds. The zero-order chi connectivity index (χ0) is 14.1. The zero-order valence-corrected chi connectivity index (χ0v) is 12.1. The Bertz CT molecular complexity index is 511. The molecule has 2 atom stereocenters. The molecule has 2 fully saturated rings. The van der Waals surface area contributed by atoms with E-state index in [2.05, 4.69) is 14.9 Å². The molecule has 5 heteroatoms. The number of nitrogens with two attached hydrogens (primary N) is 1. The molecular formula is C15H23N5. The van der Waals surface area contributed by atoms with Gasteiger partial charge < -0.3 is 10.6 Å². The predicted molar refractivity (Wildman–Crippen MR) is 80.1 cm³/mol. The average Bonchev–Trinajstić information content (AvgIpc) is 2.46. The first kappa shape index (κ1) is 13.3. The van der Waals surface area contributed by atoms with Gasteiger partial charge in [0.25, 0.3) is 0 Å². The molecule has 108 valence electrons. The summed E-state index contributed by atoms with van der Waals surface area (Å²) in [5.41, 5.74) is 7.02. The van der Waals surface area contributed by atoms with Crippen LogP contribution in [0.2, 0.25) is 0 Å². The van der Waals surface area contributed by atoms with Gasteiger partial charge >= 0.3 is 0 Å². The van der Waals surface area contributed by atoms with E-state index in [0.717, 1.165) is 24.1 Å². The fraction of sp³-hybridized carbons (Fsp3) is 0.667. The SMILES string of the molecule is Cc1cc(C(=N)N)nc(N2CCCC3CCCCC32)n1. The molecule has 1 saturated heterocycles. The Labute approximate surface area is 120 Å². The quantitative estimate of drug-likeness (QED) is 0.639. The van der Waals surface area contributed by atoms with E-state index in [-0.39, 0.29) is 5.84 Å². The number of hydrogen-bond acceptors (Lipinski definition) is 4. The summed E-state index contributed by atoms with van der Waals surface area (Å²) in [6.07, 6.45) is 7.82. The molecule has 1 aliphatic carbocycles. The minimum absolute atomic E-state index is 0.0222. The number of amidine groups is 1. The standard InChI is InChI=1S/C15H23N5/c1-10-9-12(14(16)17)19-15(18-10)20-8-4-6-11-5-2-3-7-13(11)20/h9,11,13H,2-8H2,1H3,(H3,16,17). The van der Waals surface area contributed by atoms with Crippen molar-refractivity contribution in [3.8, 4) is 0 Å². The Kier molecular flexibility index (Phi) is 3.59. The first-order chi connectivity index (χ1) is 9.65. The maximum atomic E-state index is 7.59. The number of aryl methyl sites for hydroxylation is 1. The van der Waals surface area contributed by atoms with Crippen LogP contribution in [0, 0.1) is 18.3 Å². The topological polar surface area (TPSA) is 78.9 Å². The Hall–Kier alpha value is -1.65. The van der Waals surface area contributed by atoms with Crippen LogP contribution in [0.4, 0.5) is 5.95 Å². The third-order valence-corrected chi connectivity index (χ3v) is 4.62. The Morgan fingerprint density at radius 1 is 1.25 bits per heavy atom. The lowest BCUT2D eigenvalue weighted by atomic mass is 9.78. The van der Waals surface area contributed by atoms with Crippen molar-refractivity contribution in [3.05, 3.63) is 17.5 Å². The van der Waals surface area contributed by atoms with Crippen molar-refractivity contribution < 1.29 is 0 Å². The average molecular weight is 273 g/mol. The zero-order valence-electron chi connectivity index (χ0n) is 12.1. The normalized spacial score (nSPS) is 26.1. The Morgan fingerprint density at radius 2 is 2.00 bits per heavy atom. The molecular weight excluding hydrogens is 250 g/mol. The number of fused-ring (bicyclic) bond motifs is 1. The van der Waals surface area contributed by atoms with E-state index in [4.69, 9.17) is 11.1 Å². The van der Waals surface area contributed by atoms with Gasteiger partial charge in [-0.05, 0) is 44.6 Å². The molecule has 1 saturated carbocycles. The van der Waals surface area contributed by atoms with Gasteiger partial charge in [0.1, 0.15) is 11.5 Å². The van der Waals surface area contributed by atoms with Crippen molar-refractivity contribution in [1.82, 2.24) is 9.97 Å². The molecule has 20 heavy (non-hydrogen) atoms. The van der Waals surface area contributed by atoms with Crippen molar-refractivity contribution in [2.24, 2.45) is 11.7 Å². The maximum Gasteiger partial charge on any atom is 0.226 e. The second-order valence-corrected chi connectivity index (χ2v) is 6.06. The molecule has 1 aliphatic heterocycles. The number of aromatic nitrogens is 2. The molecule has 3 rings (SSSR count). The number of nitrogens with zero attached hydrogens (tertiary/aromatic N) is 3. The number of anilines is 1. The summed E-state index contributed by atoms with van der Waals surface area (Å²) in [5.74, 6) is 1.59. The fourth-order valence-corrected chi connectivity index (χ4v) is 3.69. The van der Waals surface area contributed by atoms with Crippen LogP contribution < -0.4 is 10.6 Å². The van der Waals surface area contributed by atoms with Crippen molar-refractivity contribution in [1.29, 1.82) is 5.41 Å². The van der Waals surface area contributed by atoms with Gasteiger partial charge in [0.15, 0.2) is 0 Å². The van der Waals surface area contributed by atoms with Gasteiger partial charge in [0, 0.05) is 18.3 Å². The summed E-state index contributed by atoms with van der Waals surface area (Å²) in [6, 6.07) is 2.37. The van der Waals surface area contributed by atoms with Gasteiger partial charge in [-0.25, -0.2) is 9.97 Å².